The van der Waals surface area contributed by atoms with Gasteiger partial charge in [0.05, 0.1) is 5.92 Å². The van der Waals surface area contributed by atoms with E-state index in [4.69, 9.17) is 28.3 Å². The van der Waals surface area contributed by atoms with Crippen molar-refractivity contribution in [3.05, 3.63) is 58.1 Å². The SMILES string of the molecule is CC(CC(=O)c1ccccc1-c1ccc(Cl)cc1Cl)C(=O)O. The number of hydrogen-bond donors (Lipinski definition) is 1. The van der Waals surface area contributed by atoms with E-state index in [1.54, 1.807) is 42.5 Å². The molecule has 1 unspecified atom stereocenters. The van der Waals surface area contributed by atoms with Gasteiger partial charge < -0.3 is 5.11 Å². The molecule has 0 saturated heterocycles. The molecule has 2 rings (SSSR count). The van der Waals surface area contributed by atoms with Gasteiger partial charge >= 0.3 is 5.97 Å². The molecule has 1 N–H and O–H groups in total. The van der Waals surface area contributed by atoms with E-state index in [1.807, 2.05) is 0 Å². The van der Waals surface area contributed by atoms with Crippen molar-refractivity contribution in [1.82, 2.24) is 0 Å². The molecule has 0 aliphatic heterocycles. The van der Waals surface area contributed by atoms with Crippen LogP contribution >= 0.6 is 23.2 Å². The number of carboxylic acid groups (broad SMARTS) is 1. The number of carboxylic acids is 1. The smallest absolute Gasteiger partial charge is 0.306 e. The van der Waals surface area contributed by atoms with Crippen LogP contribution < -0.4 is 0 Å². The van der Waals surface area contributed by atoms with Gasteiger partial charge in [0.15, 0.2) is 5.78 Å². The summed E-state index contributed by atoms with van der Waals surface area (Å²) >= 11 is 12.1. The van der Waals surface area contributed by atoms with E-state index in [9.17, 15) is 9.59 Å². The van der Waals surface area contributed by atoms with E-state index in [1.165, 1.54) is 6.92 Å². The molecule has 2 aromatic carbocycles. The van der Waals surface area contributed by atoms with Crippen molar-refractivity contribution in [2.45, 2.75) is 13.3 Å². The Kier molecular flexibility index (Phi) is 5.22. The third-order valence-corrected chi connectivity index (χ3v) is 3.91. The van der Waals surface area contributed by atoms with Gasteiger partial charge in [-0.15, -0.1) is 0 Å². The monoisotopic (exact) mass is 336 g/mol. The lowest BCUT2D eigenvalue weighted by Crippen LogP contribution is -2.15. The molecule has 5 heteroatoms. The van der Waals surface area contributed by atoms with Crippen LogP contribution in [0.2, 0.25) is 10.0 Å². The van der Waals surface area contributed by atoms with Gasteiger partial charge in [0.2, 0.25) is 0 Å². The van der Waals surface area contributed by atoms with E-state index < -0.39 is 11.9 Å². The fourth-order valence-corrected chi connectivity index (χ4v) is 2.65. The molecule has 114 valence electrons. The van der Waals surface area contributed by atoms with Gasteiger partial charge in [0.1, 0.15) is 0 Å². The van der Waals surface area contributed by atoms with Crippen LogP contribution in [0.25, 0.3) is 11.1 Å². The maximum Gasteiger partial charge on any atom is 0.306 e. The highest BCUT2D eigenvalue weighted by atomic mass is 35.5. The number of carbonyl (C=O) groups is 2. The fraction of sp³-hybridized carbons (Fsp3) is 0.176. The van der Waals surface area contributed by atoms with Gasteiger partial charge in [-0.1, -0.05) is 60.5 Å². The van der Waals surface area contributed by atoms with Crippen LogP contribution in [0, 0.1) is 5.92 Å². The van der Waals surface area contributed by atoms with E-state index in [-0.39, 0.29) is 12.2 Å². The Bertz CT molecular complexity index is 726. The number of rotatable bonds is 5. The molecule has 0 aromatic heterocycles. The minimum Gasteiger partial charge on any atom is -0.481 e. The highest BCUT2D eigenvalue weighted by Gasteiger charge is 2.20. The number of hydrogen-bond acceptors (Lipinski definition) is 2. The Morgan fingerprint density at radius 1 is 1.09 bits per heavy atom. The largest absolute Gasteiger partial charge is 0.481 e. The zero-order chi connectivity index (χ0) is 16.3. The summed E-state index contributed by atoms with van der Waals surface area (Å²) in [5.74, 6) is -1.95. The molecule has 0 aliphatic carbocycles. The number of carbonyl (C=O) groups excluding carboxylic acids is 1. The fourth-order valence-electron chi connectivity index (χ4n) is 2.14. The third-order valence-electron chi connectivity index (χ3n) is 3.36. The first-order valence-electron chi connectivity index (χ1n) is 6.70. The summed E-state index contributed by atoms with van der Waals surface area (Å²) in [5, 5.41) is 9.91. The zero-order valence-electron chi connectivity index (χ0n) is 11.8. The van der Waals surface area contributed by atoms with Crippen molar-refractivity contribution in [2.24, 2.45) is 5.92 Å². The van der Waals surface area contributed by atoms with Gasteiger partial charge in [-0.2, -0.15) is 0 Å². The van der Waals surface area contributed by atoms with Crippen LogP contribution in [-0.4, -0.2) is 16.9 Å². The van der Waals surface area contributed by atoms with Crippen LogP contribution in [-0.2, 0) is 4.79 Å². The van der Waals surface area contributed by atoms with E-state index >= 15 is 0 Å². The van der Waals surface area contributed by atoms with E-state index in [0.717, 1.165) is 0 Å². The topological polar surface area (TPSA) is 54.4 Å². The summed E-state index contributed by atoms with van der Waals surface area (Å²) in [5.41, 5.74) is 1.82. The first-order chi connectivity index (χ1) is 10.4. The van der Waals surface area contributed by atoms with Gasteiger partial charge in [0.25, 0.3) is 0 Å². The second kappa shape index (κ2) is 6.95. The lowest BCUT2D eigenvalue weighted by Gasteiger charge is -2.12. The maximum atomic E-state index is 12.4. The number of benzene rings is 2. The molecular formula is C17H14Cl2O3. The van der Waals surface area contributed by atoms with Crippen LogP contribution in [0.15, 0.2) is 42.5 Å². The zero-order valence-corrected chi connectivity index (χ0v) is 13.4. The highest BCUT2D eigenvalue weighted by Crippen LogP contribution is 2.33. The van der Waals surface area contributed by atoms with Crippen molar-refractivity contribution >= 4 is 35.0 Å². The third kappa shape index (κ3) is 3.67. The minimum absolute atomic E-state index is 0.0580. The summed E-state index contributed by atoms with van der Waals surface area (Å²) in [6.07, 6.45) is -0.0580. The molecule has 0 spiro atoms. The molecule has 1 atom stereocenters. The van der Waals surface area contributed by atoms with Crippen molar-refractivity contribution in [3.8, 4) is 11.1 Å². The average molecular weight is 337 g/mol. The lowest BCUT2D eigenvalue weighted by molar-refractivity contribution is -0.141. The Labute approximate surface area is 138 Å². The Balaban J connectivity index is 2.42. The van der Waals surface area contributed by atoms with Crippen LogP contribution in [0.5, 0.6) is 0 Å². The van der Waals surface area contributed by atoms with Crippen molar-refractivity contribution in [2.75, 3.05) is 0 Å². The molecule has 2 aromatic rings. The normalized spacial score (nSPS) is 12.0. The van der Waals surface area contributed by atoms with E-state index in [2.05, 4.69) is 0 Å². The molecule has 22 heavy (non-hydrogen) atoms. The summed E-state index contributed by atoms with van der Waals surface area (Å²) in [7, 11) is 0. The number of aliphatic carboxylic acids is 1. The van der Waals surface area contributed by atoms with Crippen LogP contribution in [0.1, 0.15) is 23.7 Å². The summed E-state index contributed by atoms with van der Waals surface area (Å²) in [6, 6.07) is 12.1. The van der Waals surface area contributed by atoms with Crippen molar-refractivity contribution in [1.29, 1.82) is 0 Å². The molecule has 0 amide bonds. The maximum absolute atomic E-state index is 12.4. The second-order valence-corrected chi connectivity index (χ2v) is 5.88. The first kappa shape index (κ1) is 16.5. The molecule has 0 saturated carbocycles. The predicted octanol–water partition coefficient (Wildman–Crippen LogP) is 4.95. The Morgan fingerprint density at radius 2 is 1.77 bits per heavy atom. The number of halogens is 2. The molecule has 0 bridgehead atoms. The molecule has 0 heterocycles. The quantitative estimate of drug-likeness (QED) is 0.785. The first-order valence-corrected chi connectivity index (χ1v) is 7.46. The molecule has 0 aliphatic rings. The summed E-state index contributed by atoms with van der Waals surface area (Å²) < 4.78 is 0. The van der Waals surface area contributed by atoms with Crippen LogP contribution in [0.4, 0.5) is 0 Å². The van der Waals surface area contributed by atoms with E-state index in [0.29, 0.717) is 26.7 Å². The molecule has 0 fully saturated rings. The summed E-state index contributed by atoms with van der Waals surface area (Å²) in [4.78, 5) is 23.3. The highest BCUT2D eigenvalue weighted by molar-refractivity contribution is 6.36. The minimum atomic E-state index is -0.990. The van der Waals surface area contributed by atoms with Gasteiger partial charge in [-0.25, -0.2) is 0 Å². The molecular weight excluding hydrogens is 323 g/mol. The second-order valence-electron chi connectivity index (χ2n) is 5.04. The van der Waals surface area contributed by atoms with Crippen molar-refractivity contribution < 1.29 is 14.7 Å². The number of ketones is 1. The molecule has 0 radical (unpaired) electrons. The van der Waals surface area contributed by atoms with Crippen molar-refractivity contribution in [3.63, 3.8) is 0 Å². The van der Waals surface area contributed by atoms with Gasteiger partial charge in [-0.05, 0) is 17.7 Å². The molecule has 3 nitrogen and oxygen atoms in total. The Hall–Kier alpha value is -1.84. The Morgan fingerprint density at radius 3 is 2.41 bits per heavy atom. The predicted molar refractivity (Wildman–Crippen MR) is 87.6 cm³/mol. The summed E-state index contributed by atoms with van der Waals surface area (Å²) in [6.45, 7) is 1.51. The lowest BCUT2D eigenvalue weighted by atomic mass is 9.93. The number of Topliss-reactive ketones (excluding diaryl/α,β-unsaturated/α-hetero) is 1. The van der Waals surface area contributed by atoms with Gasteiger partial charge in [-0.3, -0.25) is 9.59 Å². The van der Waals surface area contributed by atoms with Gasteiger partial charge in [0, 0.05) is 27.6 Å². The van der Waals surface area contributed by atoms with Crippen LogP contribution in [0.3, 0.4) is 0 Å². The standard InChI is InChI=1S/C17H14Cl2O3/c1-10(17(21)22)8-16(20)14-5-3-2-4-12(14)13-7-6-11(18)9-15(13)19/h2-7,9-10H,8H2,1H3,(H,21,22). The average Bonchev–Trinajstić information content (AvgIpc) is 2.47.